The van der Waals surface area contributed by atoms with E-state index >= 15 is 0 Å². The predicted molar refractivity (Wildman–Crippen MR) is 80.2 cm³/mol. The summed E-state index contributed by atoms with van der Waals surface area (Å²) in [5.41, 5.74) is 2.13. The second kappa shape index (κ2) is 8.14. The SMILES string of the molecule is COCCOCCOCCC1(C#N)CCc2ccccc21. The van der Waals surface area contributed by atoms with Gasteiger partial charge >= 0.3 is 0 Å². The number of rotatable bonds is 9. The predicted octanol–water partition coefficient (Wildman–Crippen LogP) is 2.46. The van der Waals surface area contributed by atoms with E-state index in [1.54, 1.807) is 7.11 Å². The average molecular weight is 289 g/mol. The summed E-state index contributed by atoms with van der Waals surface area (Å²) in [4.78, 5) is 0. The number of fused-ring (bicyclic) bond motifs is 1. The summed E-state index contributed by atoms with van der Waals surface area (Å²) in [6.07, 6.45) is 2.64. The molecule has 0 aliphatic heterocycles. The molecule has 1 atom stereocenters. The first-order valence-corrected chi connectivity index (χ1v) is 7.46. The summed E-state index contributed by atoms with van der Waals surface area (Å²) in [5.74, 6) is 0. The van der Waals surface area contributed by atoms with Gasteiger partial charge < -0.3 is 14.2 Å². The van der Waals surface area contributed by atoms with Crippen LogP contribution < -0.4 is 0 Å². The minimum atomic E-state index is -0.368. The molecule has 1 aromatic carbocycles. The Morgan fingerprint density at radius 3 is 2.57 bits per heavy atom. The van der Waals surface area contributed by atoms with Gasteiger partial charge in [-0.2, -0.15) is 5.26 Å². The largest absolute Gasteiger partial charge is 0.382 e. The van der Waals surface area contributed by atoms with Gasteiger partial charge in [0.2, 0.25) is 0 Å². The fourth-order valence-electron chi connectivity index (χ4n) is 2.83. The molecule has 4 heteroatoms. The third kappa shape index (κ3) is 4.04. The molecular formula is C17H23NO3. The van der Waals surface area contributed by atoms with Crippen LogP contribution in [0.15, 0.2) is 24.3 Å². The van der Waals surface area contributed by atoms with Crippen LogP contribution in [0, 0.1) is 11.3 Å². The molecule has 4 nitrogen and oxygen atoms in total. The number of nitrogens with zero attached hydrogens (tertiary/aromatic N) is 1. The number of benzene rings is 1. The van der Waals surface area contributed by atoms with Gasteiger partial charge in [-0.3, -0.25) is 0 Å². The first-order chi connectivity index (χ1) is 10.3. The van der Waals surface area contributed by atoms with Crippen LogP contribution in [0.2, 0.25) is 0 Å². The fraction of sp³-hybridized carbons (Fsp3) is 0.588. The lowest BCUT2D eigenvalue weighted by Crippen LogP contribution is -2.23. The summed E-state index contributed by atoms with van der Waals surface area (Å²) < 4.78 is 15.8. The number of hydrogen-bond acceptors (Lipinski definition) is 4. The van der Waals surface area contributed by atoms with Crippen LogP contribution in [0.25, 0.3) is 0 Å². The minimum Gasteiger partial charge on any atom is -0.382 e. The van der Waals surface area contributed by atoms with Crippen LogP contribution in [-0.2, 0) is 26.0 Å². The molecule has 1 aliphatic carbocycles. The van der Waals surface area contributed by atoms with E-state index in [4.69, 9.17) is 14.2 Å². The van der Waals surface area contributed by atoms with Crippen molar-refractivity contribution in [2.24, 2.45) is 0 Å². The van der Waals surface area contributed by atoms with Crippen molar-refractivity contribution in [1.82, 2.24) is 0 Å². The van der Waals surface area contributed by atoms with Crippen LogP contribution in [0.1, 0.15) is 24.0 Å². The van der Waals surface area contributed by atoms with E-state index in [9.17, 15) is 5.26 Å². The molecule has 1 unspecified atom stereocenters. The smallest absolute Gasteiger partial charge is 0.0850 e. The van der Waals surface area contributed by atoms with Gasteiger partial charge in [0.1, 0.15) is 0 Å². The van der Waals surface area contributed by atoms with E-state index in [1.807, 2.05) is 12.1 Å². The van der Waals surface area contributed by atoms with E-state index in [2.05, 4.69) is 18.2 Å². The second-order valence-corrected chi connectivity index (χ2v) is 5.32. The quantitative estimate of drug-likeness (QED) is 0.655. The number of hydrogen-bond donors (Lipinski definition) is 0. The number of methoxy groups -OCH3 is 1. The molecule has 0 fully saturated rings. The van der Waals surface area contributed by atoms with Crippen molar-refractivity contribution in [1.29, 1.82) is 5.26 Å². The van der Waals surface area contributed by atoms with Gasteiger partial charge in [0.15, 0.2) is 0 Å². The molecule has 0 N–H and O–H groups in total. The molecule has 0 radical (unpaired) electrons. The number of nitriles is 1. The van der Waals surface area contributed by atoms with Gasteiger partial charge in [-0.25, -0.2) is 0 Å². The molecule has 1 aliphatic rings. The van der Waals surface area contributed by atoms with Crippen molar-refractivity contribution in [2.45, 2.75) is 24.7 Å². The Labute approximate surface area is 126 Å². The highest BCUT2D eigenvalue weighted by atomic mass is 16.5. The molecule has 0 amide bonds. The van der Waals surface area contributed by atoms with E-state index in [1.165, 1.54) is 11.1 Å². The molecule has 1 aromatic rings. The summed E-state index contributed by atoms with van der Waals surface area (Å²) in [6.45, 7) is 2.92. The average Bonchev–Trinajstić information content (AvgIpc) is 2.90. The molecule has 0 saturated carbocycles. The fourth-order valence-corrected chi connectivity index (χ4v) is 2.83. The zero-order valence-corrected chi connectivity index (χ0v) is 12.6. The van der Waals surface area contributed by atoms with Gasteiger partial charge in [-0.15, -0.1) is 0 Å². The number of aryl methyl sites for hydroxylation is 1. The third-order valence-electron chi connectivity index (χ3n) is 4.05. The van der Waals surface area contributed by atoms with Crippen molar-refractivity contribution in [3.05, 3.63) is 35.4 Å². The summed E-state index contributed by atoms with van der Waals surface area (Å²) >= 11 is 0. The molecule has 0 aromatic heterocycles. The molecule has 0 heterocycles. The lowest BCUT2D eigenvalue weighted by Gasteiger charge is -2.22. The van der Waals surface area contributed by atoms with Gasteiger partial charge in [-0.05, 0) is 30.4 Å². The highest BCUT2D eigenvalue weighted by Crippen LogP contribution is 2.40. The normalized spacial score (nSPS) is 20.2. The molecule has 0 bridgehead atoms. The second-order valence-electron chi connectivity index (χ2n) is 5.32. The van der Waals surface area contributed by atoms with Crippen molar-refractivity contribution in [2.75, 3.05) is 40.1 Å². The maximum atomic E-state index is 9.62. The Hall–Kier alpha value is -1.41. The lowest BCUT2D eigenvalue weighted by atomic mass is 9.80. The highest BCUT2D eigenvalue weighted by molar-refractivity contribution is 5.43. The van der Waals surface area contributed by atoms with Crippen LogP contribution in [0.4, 0.5) is 0 Å². The van der Waals surface area contributed by atoms with E-state index in [0.717, 1.165) is 19.3 Å². The number of ether oxygens (including phenoxy) is 3. The van der Waals surface area contributed by atoms with Crippen molar-refractivity contribution in [3.8, 4) is 6.07 Å². The van der Waals surface area contributed by atoms with Crippen LogP contribution in [-0.4, -0.2) is 40.1 Å². The van der Waals surface area contributed by atoms with Crippen molar-refractivity contribution in [3.63, 3.8) is 0 Å². The lowest BCUT2D eigenvalue weighted by molar-refractivity contribution is 0.0219. The maximum Gasteiger partial charge on any atom is 0.0850 e. The van der Waals surface area contributed by atoms with Crippen LogP contribution in [0.3, 0.4) is 0 Å². The molecule has 114 valence electrons. The summed E-state index contributed by atoms with van der Waals surface area (Å²) in [7, 11) is 1.65. The summed E-state index contributed by atoms with van der Waals surface area (Å²) in [6, 6.07) is 10.8. The zero-order valence-electron chi connectivity index (χ0n) is 12.6. The maximum absolute atomic E-state index is 9.62. The van der Waals surface area contributed by atoms with E-state index in [0.29, 0.717) is 33.0 Å². The molecule has 0 spiro atoms. The molecule has 21 heavy (non-hydrogen) atoms. The molecular weight excluding hydrogens is 266 g/mol. The minimum absolute atomic E-state index is 0.368. The van der Waals surface area contributed by atoms with Gasteiger partial charge in [0.05, 0.1) is 37.9 Å². The highest BCUT2D eigenvalue weighted by Gasteiger charge is 2.38. The topological polar surface area (TPSA) is 51.5 Å². The van der Waals surface area contributed by atoms with Crippen molar-refractivity contribution < 1.29 is 14.2 Å². The third-order valence-corrected chi connectivity index (χ3v) is 4.05. The van der Waals surface area contributed by atoms with Gasteiger partial charge in [0, 0.05) is 13.7 Å². The Kier molecular flexibility index (Phi) is 6.19. The zero-order chi connectivity index (χ0) is 15.0. The first-order valence-electron chi connectivity index (χ1n) is 7.46. The molecule has 0 saturated heterocycles. The van der Waals surface area contributed by atoms with Crippen LogP contribution in [0.5, 0.6) is 0 Å². The van der Waals surface area contributed by atoms with Crippen LogP contribution >= 0.6 is 0 Å². The van der Waals surface area contributed by atoms with E-state index in [-0.39, 0.29) is 5.41 Å². The standard InChI is InChI=1S/C17H23NO3/c1-19-10-11-21-13-12-20-9-8-17(14-18)7-6-15-4-2-3-5-16(15)17/h2-5H,6-13H2,1H3. The van der Waals surface area contributed by atoms with E-state index < -0.39 is 0 Å². The Morgan fingerprint density at radius 1 is 1.10 bits per heavy atom. The Morgan fingerprint density at radius 2 is 1.81 bits per heavy atom. The van der Waals surface area contributed by atoms with Gasteiger partial charge in [0.25, 0.3) is 0 Å². The molecule has 2 rings (SSSR count). The monoisotopic (exact) mass is 289 g/mol. The van der Waals surface area contributed by atoms with Gasteiger partial charge in [-0.1, -0.05) is 24.3 Å². The Balaban J connectivity index is 1.74. The van der Waals surface area contributed by atoms with Crippen molar-refractivity contribution >= 4 is 0 Å². The summed E-state index contributed by atoms with van der Waals surface area (Å²) in [5, 5.41) is 9.62. The Bertz CT molecular complexity index is 483. The first kappa shape index (κ1) is 16.0.